The van der Waals surface area contributed by atoms with Crippen LogP contribution in [0.3, 0.4) is 0 Å². The minimum Gasteiger partial charge on any atom is -0.297 e. The van der Waals surface area contributed by atoms with Gasteiger partial charge < -0.3 is 0 Å². The first-order chi connectivity index (χ1) is 14.4. The summed E-state index contributed by atoms with van der Waals surface area (Å²) in [4.78, 5) is 16.9. The molecule has 8 heteroatoms. The highest BCUT2D eigenvalue weighted by molar-refractivity contribution is 7.10. The Balaban J connectivity index is 1.54. The van der Waals surface area contributed by atoms with Crippen LogP contribution in [0.5, 0.6) is 0 Å². The van der Waals surface area contributed by atoms with Gasteiger partial charge >= 0.3 is 0 Å². The van der Waals surface area contributed by atoms with Crippen LogP contribution in [0.15, 0.2) is 48.5 Å². The van der Waals surface area contributed by atoms with E-state index in [0.717, 1.165) is 28.5 Å². The first-order valence-electron chi connectivity index (χ1n) is 9.67. The van der Waals surface area contributed by atoms with Crippen molar-refractivity contribution in [1.29, 1.82) is 0 Å². The first kappa shape index (κ1) is 19.9. The number of carbonyl (C=O) groups excluding carboxylic acids is 1. The molecule has 1 amide bonds. The monoisotopic (exact) mass is 418 g/mol. The second-order valence-electron chi connectivity index (χ2n) is 7.43. The number of hydrogen-bond acceptors (Lipinski definition) is 6. The Morgan fingerprint density at radius 2 is 1.87 bits per heavy atom. The summed E-state index contributed by atoms with van der Waals surface area (Å²) >= 11 is 1.12. The van der Waals surface area contributed by atoms with E-state index in [0.29, 0.717) is 28.1 Å². The van der Waals surface area contributed by atoms with Crippen molar-refractivity contribution in [2.75, 3.05) is 5.32 Å². The summed E-state index contributed by atoms with van der Waals surface area (Å²) in [7, 11) is 0. The van der Waals surface area contributed by atoms with Gasteiger partial charge in [0.25, 0.3) is 5.91 Å². The van der Waals surface area contributed by atoms with Crippen molar-refractivity contribution in [2.24, 2.45) is 0 Å². The highest BCUT2D eigenvalue weighted by Gasteiger charge is 2.18. The molecule has 0 aliphatic heterocycles. The van der Waals surface area contributed by atoms with Crippen LogP contribution in [0, 0.1) is 13.8 Å². The molecule has 0 fully saturated rings. The smallest absolute Gasteiger partial charge is 0.257 e. The number of carbonyl (C=O) groups is 1. The number of rotatable bonds is 5. The van der Waals surface area contributed by atoms with Crippen molar-refractivity contribution >= 4 is 22.6 Å². The van der Waals surface area contributed by atoms with Gasteiger partial charge in [-0.2, -0.15) is 9.36 Å². The fourth-order valence-corrected chi connectivity index (χ4v) is 3.67. The lowest BCUT2D eigenvalue weighted by Crippen LogP contribution is -2.11. The van der Waals surface area contributed by atoms with Crippen molar-refractivity contribution in [1.82, 2.24) is 24.4 Å². The summed E-state index contributed by atoms with van der Waals surface area (Å²) in [5.74, 6) is 0.702. The normalized spacial score (nSPS) is 11.1. The predicted octanol–water partition coefficient (Wildman–Crippen LogP) is 4.78. The largest absolute Gasteiger partial charge is 0.297 e. The molecule has 30 heavy (non-hydrogen) atoms. The summed E-state index contributed by atoms with van der Waals surface area (Å²) in [6, 6.07) is 15.7. The van der Waals surface area contributed by atoms with E-state index in [9.17, 15) is 4.79 Å². The second kappa shape index (κ2) is 8.16. The molecule has 2 aromatic carbocycles. The number of nitrogens with one attached hydrogen (secondary N) is 1. The standard InChI is InChI=1S/C22H22N6OS/c1-13(2)16-8-10-18(11-9-16)28-15(4)19(25-27-28)20-23-22(30-26-20)24-21(29)17-7-5-6-14(3)12-17/h5-13H,1-4H3,(H,23,24,26,29). The van der Waals surface area contributed by atoms with E-state index in [1.54, 1.807) is 10.7 Å². The molecule has 4 aromatic rings. The lowest BCUT2D eigenvalue weighted by atomic mass is 10.0. The summed E-state index contributed by atoms with van der Waals surface area (Å²) in [6.07, 6.45) is 0. The van der Waals surface area contributed by atoms with Crippen molar-refractivity contribution in [3.63, 3.8) is 0 Å². The van der Waals surface area contributed by atoms with E-state index in [2.05, 4.69) is 51.0 Å². The Morgan fingerprint density at radius 1 is 1.10 bits per heavy atom. The molecular weight excluding hydrogens is 396 g/mol. The van der Waals surface area contributed by atoms with Gasteiger partial charge in [-0.1, -0.05) is 48.9 Å². The molecule has 0 aliphatic rings. The van der Waals surface area contributed by atoms with E-state index in [1.165, 1.54) is 5.56 Å². The van der Waals surface area contributed by atoms with Crippen LogP contribution in [0.4, 0.5) is 5.13 Å². The minimum absolute atomic E-state index is 0.216. The van der Waals surface area contributed by atoms with Gasteiger partial charge in [0.1, 0.15) is 0 Å². The molecule has 0 aliphatic carbocycles. The molecule has 152 valence electrons. The lowest BCUT2D eigenvalue weighted by molar-refractivity contribution is 0.102. The third-order valence-corrected chi connectivity index (χ3v) is 5.47. The third kappa shape index (κ3) is 3.99. The minimum atomic E-state index is -0.216. The van der Waals surface area contributed by atoms with Crippen molar-refractivity contribution in [3.8, 4) is 17.2 Å². The fraction of sp³-hybridized carbons (Fsp3) is 0.227. The maximum atomic E-state index is 12.4. The average Bonchev–Trinajstić information content (AvgIpc) is 3.34. The molecule has 0 saturated heterocycles. The lowest BCUT2D eigenvalue weighted by Gasteiger charge is -2.07. The van der Waals surface area contributed by atoms with Crippen LogP contribution < -0.4 is 5.32 Å². The number of nitrogens with zero attached hydrogens (tertiary/aromatic N) is 5. The van der Waals surface area contributed by atoms with Crippen LogP contribution in [0.25, 0.3) is 17.2 Å². The second-order valence-corrected chi connectivity index (χ2v) is 8.18. The van der Waals surface area contributed by atoms with E-state index in [1.807, 2.05) is 44.2 Å². The van der Waals surface area contributed by atoms with Crippen LogP contribution in [-0.4, -0.2) is 30.3 Å². The zero-order chi connectivity index (χ0) is 21.3. The molecule has 2 aromatic heterocycles. The third-order valence-electron chi connectivity index (χ3n) is 4.84. The highest BCUT2D eigenvalue weighted by atomic mass is 32.1. The summed E-state index contributed by atoms with van der Waals surface area (Å²) in [5, 5.41) is 11.8. The van der Waals surface area contributed by atoms with Gasteiger partial charge in [-0.05, 0) is 49.6 Å². The number of benzene rings is 2. The van der Waals surface area contributed by atoms with Gasteiger partial charge in [-0.15, -0.1) is 5.10 Å². The number of aryl methyl sites for hydroxylation is 1. The van der Waals surface area contributed by atoms with Crippen LogP contribution >= 0.6 is 11.5 Å². The zero-order valence-electron chi connectivity index (χ0n) is 17.2. The Kier molecular flexibility index (Phi) is 5.41. The molecule has 7 nitrogen and oxygen atoms in total. The van der Waals surface area contributed by atoms with Gasteiger partial charge in [0, 0.05) is 17.1 Å². The number of aromatic nitrogens is 5. The summed E-state index contributed by atoms with van der Waals surface area (Å²) in [5.41, 5.74) is 5.23. The molecule has 0 unspecified atom stereocenters. The SMILES string of the molecule is Cc1cccc(C(=O)Nc2nc(-c3nnn(-c4ccc(C(C)C)cc4)c3C)ns2)c1. The molecule has 0 bridgehead atoms. The fourth-order valence-electron chi connectivity index (χ4n) is 3.11. The summed E-state index contributed by atoms with van der Waals surface area (Å²) < 4.78 is 6.13. The Hall–Kier alpha value is -3.39. The van der Waals surface area contributed by atoms with Crippen molar-refractivity contribution < 1.29 is 4.79 Å². The molecule has 2 heterocycles. The molecule has 0 atom stereocenters. The van der Waals surface area contributed by atoms with Crippen LogP contribution in [-0.2, 0) is 0 Å². The van der Waals surface area contributed by atoms with Gasteiger partial charge in [0.05, 0.1) is 11.4 Å². The molecule has 4 rings (SSSR count). The predicted molar refractivity (Wildman–Crippen MR) is 118 cm³/mol. The number of anilines is 1. The van der Waals surface area contributed by atoms with Crippen LogP contribution in [0.1, 0.15) is 46.9 Å². The number of amides is 1. The molecular formula is C22H22N6OS. The Morgan fingerprint density at radius 3 is 2.57 bits per heavy atom. The maximum absolute atomic E-state index is 12.4. The van der Waals surface area contributed by atoms with Gasteiger partial charge in [-0.25, -0.2) is 4.68 Å². The van der Waals surface area contributed by atoms with E-state index in [-0.39, 0.29) is 5.91 Å². The van der Waals surface area contributed by atoms with Gasteiger partial charge in [0.15, 0.2) is 11.5 Å². The average molecular weight is 419 g/mol. The van der Waals surface area contributed by atoms with Crippen LogP contribution in [0.2, 0.25) is 0 Å². The van der Waals surface area contributed by atoms with E-state index in [4.69, 9.17) is 0 Å². The topological polar surface area (TPSA) is 85.6 Å². The number of hydrogen-bond donors (Lipinski definition) is 1. The molecule has 1 N–H and O–H groups in total. The maximum Gasteiger partial charge on any atom is 0.257 e. The van der Waals surface area contributed by atoms with Crippen molar-refractivity contribution in [3.05, 3.63) is 70.9 Å². The zero-order valence-corrected chi connectivity index (χ0v) is 18.1. The summed E-state index contributed by atoms with van der Waals surface area (Å²) in [6.45, 7) is 8.20. The highest BCUT2D eigenvalue weighted by Crippen LogP contribution is 2.25. The van der Waals surface area contributed by atoms with Gasteiger partial charge in [0.2, 0.25) is 5.13 Å². The van der Waals surface area contributed by atoms with E-state index < -0.39 is 0 Å². The Labute approximate surface area is 179 Å². The quantitative estimate of drug-likeness (QED) is 0.504. The van der Waals surface area contributed by atoms with E-state index >= 15 is 0 Å². The first-order valence-corrected chi connectivity index (χ1v) is 10.4. The molecule has 0 spiro atoms. The van der Waals surface area contributed by atoms with Gasteiger partial charge in [-0.3, -0.25) is 10.1 Å². The van der Waals surface area contributed by atoms with Crippen molar-refractivity contribution in [2.45, 2.75) is 33.6 Å². The molecule has 0 saturated carbocycles. The molecule has 0 radical (unpaired) electrons. The Bertz CT molecular complexity index is 1190.